The highest BCUT2D eigenvalue weighted by molar-refractivity contribution is 8.02. The summed E-state index contributed by atoms with van der Waals surface area (Å²) in [6, 6.07) is 17.9. The monoisotopic (exact) mass is 427 g/mol. The molecule has 1 aliphatic heterocycles. The van der Waals surface area contributed by atoms with E-state index < -0.39 is 28.1 Å². The van der Waals surface area contributed by atoms with E-state index >= 15 is 0 Å². The Bertz CT molecular complexity index is 939. The van der Waals surface area contributed by atoms with Crippen LogP contribution in [0.3, 0.4) is 0 Å². The molecule has 5 nitrogen and oxygen atoms in total. The third-order valence-electron chi connectivity index (χ3n) is 6.01. The zero-order valence-electron chi connectivity index (χ0n) is 18.3. The average molecular weight is 428 g/mol. The van der Waals surface area contributed by atoms with Crippen LogP contribution in [0.25, 0.3) is 11.1 Å². The molecule has 0 aliphatic carbocycles. The van der Waals surface area contributed by atoms with Crippen LogP contribution in [0.1, 0.15) is 47.1 Å². The van der Waals surface area contributed by atoms with Gasteiger partial charge in [-0.15, -0.1) is 11.8 Å². The van der Waals surface area contributed by atoms with Crippen LogP contribution in [0, 0.1) is 0 Å². The highest BCUT2D eigenvalue weighted by Gasteiger charge is 2.60. The first-order chi connectivity index (χ1) is 13.9. The van der Waals surface area contributed by atoms with Gasteiger partial charge in [0.05, 0.1) is 5.54 Å². The van der Waals surface area contributed by atoms with E-state index in [2.05, 4.69) is 0 Å². The number of amides is 1. The predicted octanol–water partition coefficient (Wildman–Crippen LogP) is 5.74. The molecule has 3 rings (SSSR count). The number of aliphatic carboxylic acids is 1. The van der Waals surface area contributed by atoms with Crippen LogP contribution in [-0.4, -0.2) is 37.7 Å². The fourth-order valence-corrected chi connectivity index (χ4v) is 5.44. The van der Waals surface area contributed by atoms with Gasteiger partial charge in [-0.25, -0.2) is 9.59 Å². The van der Waals surface area contributed by atoms with Crippen LogP contribution < -0.4 is 0 Å². The van der Waals surface area contributed by atoms with E-state index in [9.17, 15) is 14.7 Å². The van der Waals surface area contributed by atoms with Gasteiger partial charge in [0.25, 0.3) is 0 Å². The molecule has 0 spiro atoms. The van der Waals surface area contributed by atoms with Crippen molar-refractivity contribution in [2.24, 2.45) is 0 Å². The van der Waals surface area contributed by atoms with Gasteiger partial charge in [-0.1, -0.05) is 61.5 Å². The third kappa shape index (κ3) is 3.81. The zero-order valence-corrected chi connectivity index (χ0v) is 19.1. The lowest BCUT2D eigenvalue weighted by Gasteiger charge is -2.40. The van der Waals surface area contributed by atoms with E-state index in [0.29, 0.717) is 0 Å². The molecule has 6 heteroatoms. The number of carboxylic acids is 1. The van der Waals surface area contributed by atoms with Gasteiger partial charge in [0, 0.05) is 5.25 Å². The van der Waals surface area contributed by atoms with Gasteiger partial charge in [0.2, 0.25) is 0 Å². The Morgan fingerprint density at radius 3 is 2.07 bits per heavy atom. The van der Waals surface area contributed by atoms with Crippen LogP contribution in [0.4, 0.5) is 4.79 Å². The number of thioether (sulfide) groups is 1. The Balaban J connectivity index is 1.85. The Kier molecular flexibility index (Phi) is 5.67. The van der Waals surface area contributed by atoms with Crippen molar-refractivity contribution < 1.29 is 19.4 Å². The maximum Gasteiger partial charge on any atom is 0.412 e. The number of hydrogen-bond donors (Lipinski definition) is 1. The van der Waals surface area contributed by atoms with E-state index in [1.165, 1.54) is 16.7 Å². The van der Waals surface area contributed by atoms with Gasteiger partial charge in [-0.3, -0.25) is 4.90 Å². The molecule has 2 unspecified atom stereocenters. The first-order valence-electron chi connectivity index (χ1n) is 10.00. The molecule has 2 aromatic rings. The SMILES string of the molecule is CC1SC(C)(C(=O)O)N(C(=O)OC(C)(C)c2ccc(-c3ccccc3)cc2)C1(C)C. The molecule has 2 atom stereocenters. The van der Waals surface area contributed by atoms with Crippen LogP contribution >= 0.6 is 11.8 Å². The van der Waals surface area contributed by atoms with E-state index in [0.717, 1.165) is 16.7 Å². The standard InChI is InChI=1S/C24H29NO4S/c1-16-22(2,3)25(24(6,30-16)20(26)27)21(28)29-23(4,5)19-14-12-18(13-15-19)17-10-8-7-9-11-17/h7-16H,1-6H3,(H,26,27). The van der Waals surface area contributed by atoms with Crippen molar-refractivity contribution in [1.29, 1.82) is 0 Å². The van der Waals surface area contributed by atoms with Crippen molar-refractivity contribution in [1.82, 2.24) is 4.90 Å². The Morgan fingerprint density at radius 1 is 1.00 bits per heavy atom. The number of carbonyl (C=O) groups is 2. The summed E-state index contributed by atoms with van der Waals surface area (Å²) in [5, 5.41) is 9.77. The highest BCUT2D eigenvalue weighted by Crippen LogP contribution is 2.50. The van der Waals surface area contributed by atoms with Gasteiger partial charge < -0.3 is 9.84 Å². The molecule has 1 fully saturated rings. The number of hydrogen-bond acceptors (Lipinski definition) is 4. The fourth-order valence-electron chi connectivity index (χ4n) is 3.85. The Hall–Kier alpha value is -2.47. The van der Waals surface area contributed by atoms with Crippen molar-refractivity contribution in [3.8, 4) is 11.1 Å². The first kappa shape index (κ1) is 22.2. The molecule has 2 aromatic carbocycles. The summed E-state index contributed by atoms with van der Waals surface area (Å²) in [6.45, 7) is 10.9. The van der Waals surface area contributed by atoms with Crippen molar-refractivity contribution in [2.45, 2.75) is 62.8 Å². The quantitative estimate of drug-likeness (QED) is 0.674. The maximum absolute atomic E-state index is 13.2. The van der Waals surface area contributed by atoms with E-state index in [1.54, 1.807) is 6.92 Å². The van der Waals surface area contributed by atoms with E-state index in [4.69, 9.17) is 4.74 Å². The second-order valence-corrected chi connectivity index (χ2v) is 10.6. The van der Waals surface area contributed by atoms with Crippen molar-refractivity contribution in [2.75, 3.05) is 0 Å². The molecule has 0 saturated carbocycles. The first-order valence-corrected chi connectivity index (χ1v) is 10.9. The molecule has 1 heterocycles. The van der Waals surface area contributed by atoms with Crippen LogP contribution in [0.5, 0.6) is 0 Å². The molecule has 1 amide bonds. The summed E-state index contributed by atoms with van der Waals surface area (Å²) < 4.78 is 5.89. The lowest BCUT2D eigenvalue weighted by atomic mass is 9.95. The summed E-state index contributed by atoms with van der Waals surface area (Å²) in [7, 11) is 0. The molecule has 1 aliphatic rings. The smallest absolute Gasteiger partial charge is 0.412 e. The third-order valence-corrected chi connectivity index (χ3v) is 7.76. The summed E-state index contributed by atoms with van der Waals surface area (Å²) in [4.78, 5) is 25.2. The summed E-state index contributed by atoms with van der Waals surface area (Å²) in [5.41, 5.74) is 1.44. The largest absolute Gasteiger partial charge is 0.479 e. The number of rotatable bonds is 4. The van der Waals surface area contributed by atoms with Gasteiger partial charge in [-0.05, 0) is 51.3 Å². The Labute approximate surface area is 182 Å². The van der Waals surface area contributed by atoms with Gasteiger partial charge in [0.1, 0.15) is 5.60 Å². The molecular formula is C24H29NO4S. The average Bonchev–Trinajstić information content (AvgIpc) is 2.87. The number of carbonyl (C=O) groups excluding carboxylic acids is 1. The molecule has 0 bridgehead atoms. The summed E-state index contributed by atoms with van der Waals surface area (Å²) in [6.07, 6.45) is -0.626. The number of benzene rings is 2. The molecule has 0 radical (unpaired) electrons. The van der Waals surface area contributed by atoms with Gasteiger partial charge in [0.15, 0.2) is 4.87 Å². The molecule has 1 N–H and O–H groups in total. The molecule has 30 heavy (non-hydrogen) atoms. The number of carboxylic acid groups (broad SMARTS) is 1. The highest BCUT2D eigenvalue weighted by atomic mass is 32.2. The van der Waals surface area contributed by atoms with Crippen molar-refractivity contribution >= 4 is 23.8 Å². The minimum atomic E-state index is -1.38. The second-order valence-electron chi connectivity index (χ2n) is 8.86. The van der Waals surface area contributed by atoms with E-state index in [-0.39, 0.29) is 5.25 Å². The predicted molar refractivity (Wildman–Crippen MR) is 120 cm³/mol. The molecular weight excluding hydrogens is 398 g/mol. The van der Waals surface area contributed by atoms with Crippen LogP contribution in [0.2, 0.25) is 0 Å². The zero-order chi connectivity index (χ0) is 22.3. The van der Waals surface area contributed by atoms with Crippen molar-refractivity contribution in [3.63, 3.8) is 0 Å². The summed E-state index contributed by atoms with van der Waals surface area (Å²) in [5.74, 6) is -1.05. The maximum atomic E-state index is 13.2. The van der Waals surface area contributed by atoms with Crippen molar-refractivity contribution in [3.05, 3.63) is 60.2 Å². The topological polar surface area (TPSA) is 66.8 Å². The van der Waals surface area contributed by atoms with Gasteiger partial charge >= 0.3 is 12.1 Å². The second kappa shape index (κ2) is 7.65. The fraction of sp³-hybridized carbons (Fsp3) is 0.417. The normalized spacial score (nSPS) is 23.3. The molecule has 1 saturated heterocycles. The molecule has 0 aromatic heterocycles. The van der Waals surface area contributed by atoms with Gasteiger partial charge in [-0.2, -0.15) is 0 Å². The van der Waals surface area contributed by atoms with E-state index in [1.807, 2.05) is 89.2 Å². The van der Waals surface area contributed by atoms with Crippen LogP contribution in [0.15, 0.2) is 54.6 Å². The minimum Gasteiger partial charge on any atom is -0.479 e. The minimum absolute atomic E-state index is 0.0561. The number of ether oxygens (including phenoxy) is 1. The Morgan fingerprint density at radius 2 is 1.53 bits per heavy atom. The lowest BCUT2D eigenvalue weighted by Crippen LogP contribution is -2.58. The lowest BCUT2D eigenvalue weighted by molar-refractivity contribution is -0.146. The molecule has 160 valence electrons. The number of nitrogens with zero attached hydrogens (tertiary/aromatic N) is 1. The van der Waals surface area contributed by atoms with Crippen LogP contribution in [-0.2, 0) is 15.1 Å². The summed E-state index contributed by atoms with van der Waals surface area (Å²) >= 11 is 1.27.